The summed E-state index contributed by atoms with van der Waals surface area (Å²) in [5.41, 5.74) is 0.443. The Bertz CT molecular complexity index is 409. The summed E-state index contributed by atoms with van der Waals surface area (Å²) in [5.74, 6) is 0.937. The molecule has 1 saturated carbocycles. The number of nitrogens with one attached hydrogen (secondary N) is 2. The number of hydrogen-bond donors (Lipinski definition) is 2. The summed E-state index contributed by atoms with van der Waals surface area (Å²) in [4.78, 5) is 4.81. The molecule has 0 amide bonds. The third-order valence-electron chi connectivity index (χ3n) is 5.64. The van der Waals surface area contributed by atoms with Gasteiger partial charge in [-0.1, -0.05) is 20.8 Å². The fourth-order valence-electron chi connectivity index (χ4n) is 3.88. The second kappa shape index (κ2) is 9.57. The minimum absolute atomic E-state index is 0. The average molecular weight is 453 g/mol. The van der Waals surface area contributed by atoms with Gasteiger partial charge >= 0.3 is 0 Å². The van der Waals surface area contributed by atoms with Crippen LogP contribution in [0.1, 0.15) is 53.9 Å². The monoisotopic (exact) mass is 453 g/mol. The van der Waals surface area contributed by atoms with Crippen molar-refractivity contribution in [3.63, 3.8) is 0 Å². The minimum atomic E-state index is 0. The Balaban J connectivity index is 0.00000288. The summed E-state index contributed by atoms with van der Waals surface area (Å²) < 4.78 is 11.3. The first kappa shape index (κ1) is 22.0. The van der Waals surface area contributed by atoms with Crippen molar-refractivity contribution in [1.82, 2.24) is 10.6 Å². The van der Waals surface area contributed by atoms with Gasteiger partial charge in [0.05, 0.1) is 25.9 Å². The molecule has 2 N–H and O–H groups in total. The third kappa shape index (κ3) is 4.55. The van der Waals surface area contributed by atoms with Crippen LogP contribution in [0.5, 0.6) is 0 Å². The highest BCUT2D eigenvalue weighted by atomic mass is 127. The molecule has 0 aromatic carbocycles. The van der Waals surface area contributed by atoms with Crippen molar-refractivity contribution in [1.29, 1.82) is 0 Å². The highest BCUT2D eigenvalue weighted by Crippen LogP contribution is 2.48. The van der Waals surface area contributed by atoms with E-state index in [4.69, 9.17) is 14.5 Å². The lowest BCUT2D eigenvalue weighted by Crippen LogP contribution is -2.65. The standard InChI is InChI=1S/C18H35N3O2.HI/c1-6-18(7-2)14(10-15(18)23-9-4)21-16(19-8-3)20-11-17(5)12-22-13-17;/h14-15H,6-13H2,1-5H3,(H2,19,20,21);1H. The largest absolute Gasteiger partial charge is 0.380 e. The molecule has 0 aromatic rings. The zero-order valence-corrected chi connectivity index (χ0v) is 18.3. The Kier molecular flexibility index (Phi) is 8.76. The molecule has 6 heteroatoms. The zero-order chi connectivity index (χ0) is 16.9. The lowest BCUT2D eigenvalue weighted by atomic mass is 9.58. The topological polar surface area (TPSA) is 54.9 Å². The van der Waals surface area contributed by atoms with Crippen LogP contribution in [0.25, 0.3) is 0 Å². The summed E-state index contributed by atoms with van der Waals surface area (Å²) in [6.07, 6.45) is 3.72. The van der Waals surface area contributed by atoms with Crippen LogP contribution >= 0.6 is 24.0 Å². The molecule has 1 heterocycles. The van der Waals surface area contributed by atoms with Crippen LogP contribution in [0.4, 0.5) is 0 Å². The summed E-state index contributed by atoms with van der Waals surface area (Å²) in [6, 6.07) is 0.442. The van der Waals surface area contributed by atoms with Gasteiger partial charge < -0.3 is 20.1 Å². The van der Waals surface area contributed by atoms with Crippen LogP contribution in [0.15, 0.2) is 4.99 Å². The number of rotatable bonds is 8. The molecule has 24 heavy (non-hydrogen) atoms. The van der Waals surface area contributed by atoms with E-state index in [1.165, 1.54) is 0 Å². The fraction of sp³-hybridized carbons (Fsp3) is 0.944. The quantitative estimate of drug-likeness (QED) is 0.337. The van der Waals surface area contributed by atoms with Crippen LogP contribution in [-0.2, 0) is 9.47 Å². The van der Waals surface area contributed by atoms with Crippen LogP contribution in [0.2, 0.25) is 0 Å². The molecule has 5 nitrogen and oxygen atoms in total. The molecule has 0 radical (unpaired) electrons. The lowest BCUT2D eigenvalue weighted by molar-refractivity contribution is -0.133. The Labute approximate surface area is 164 Å². The first-order valence-corrected chi connectivity index (χ1v) is 9.27. The van der Waals surface area contributed by atoms with E-state index in [9.17, 15) is 0 Å². The maximum absolute atomic E-state index is 5.97. The molecule has 2 rings (SSSR count). The van der Waals surface area contributed by atoms with E-state index in [-0.39, 0.29) is 34.8 Å². The molecular weight excluding hydrogens is 417 g/mol. The van der Waals surface area contributed by atoms with E-state index < -0.39 is 0 Å². The number of nitrogens with zero attached hydrogens (tertiary/aromatic N) is 1. The van der Waals surface area contributed by atoms with Gasteiger partial charge in [-0.3, -0.25) is 4.99 Å². The van der Waals surface area contributed by atoms with E-state index in [1.54, 1.807) is 0 Å². The van der Waals surface area contributed by atoms with Gasteiger partial charge in [-0.25, -0.2) is 0 Å². The smallest absolute Gasteiger partial charge is 0.191 e. The molecule has 2 fully saturated rings. The minimum Gasteiger partial charge on any atom is -0.380 e. The van der Waals surface area contributed by atoms with E-state index in [0.29, 0.717) is 12.1 Å². The molecule has 2 aliphatic rings. The molecule has 1 aliphatic heterocycles. The average Bonchev–Trinajstić information content (AvgIpc) is 2.51. The lowest BCUT2D eigenvalue weighted by Gasteiger charge is -2.55. The van der Waals surface area contributed by atoms with Crippen LogP contribution in [0.3, 0.4) is 0 Å². The van der Waals surface area contributed by atoms with E-state index >= 15 is 0 Å². The van der Waals surface area contributed by atoms with Crippen LogP contribution < -0.4 is 10.6 Å². The van der Waals surface area contributed by atoms with Crippen molar-refractivity contribution in [2.45, 2.75) is 66.0 Å². The molecule has 0 bridgehead atoms. The van der Waals surface area contributed by atoms with Gasteiger partial charge in [0, 0.05) is 30.0 Å². The summed E-state index contributed by atoms with van der Waals surface area (Å²) >= 11 is 0. The highest BCUT2D eigenvalue weighted by molar-refractivity contribution is 14.0. The molecule has 0 spiro atoms. The van der Waals surface area contributed by atoms with Crippen molar-refractivity contribution in [3.8, 4) is 0 Å². The molecule has 142 valence electrons. The zero-order valence-electron chi connectivity index (χ0n) is 16.0. The van der Waals surface area contributed by atoms with Gasteiger partial charge in [-0.05, 0) is 33.1 Å². The predicted octanol–water partition coefficient (Wildman–Crippen LogP) is 3.18. The summed E-state index contributed by atoms with van der Waals surface area (Å²) in [5, 5.41) is 7.07. The number of hydrogen-bond acceptors (Lipinski definition) is 3. The Morgan fingerprint density at radius 3 is 2.33 bits per heavy atom. The SMILES string of the molecule is CCNC(=NCC1(C)COC1)NC1CC(OCC)C1(CC)CC.I. The van der Waals surface area contributed by atoms with Gasteiger partial charge in [0.1, 0.15) is 0 Å². The first-order valence-electron chi connectivity index (χ1n) is 9.27. The molecular formula is C18H36IN3O2. The normalized spacial score (nSPS) is 27.5. The van der Waals surface area contributed by atoms with Crippen molar-refractivity contribution in [3.05, 3.63) is 0 Å². The van der Waals surface area contributed by atoms with Gasteiger partial charge in [0.25, 0.3) is 0 Å². The Hall–Kier alpha value is -0.0800. The molecule has 1 aliphatic carbocycles. The maximum Gasteiger partial charge on any atom is 0.191 e. The highest BCUT2D eigenvalue weighted by Gasteiger charge is 2.53. The number of ether oxygens (including phenoxy) is 2. The maximum atomic E-state index is 5.97. The molecule has 1 saturated heterocycles. The first-order chi connectivity index (χ1) is 11.0. The Morgan fingerprint density at radius 1 is 1.21 bits per heavy atom. The number of aliphatic imine (C=N–C) groups is 1. The van der Waals surface area contributed by atoms with Crippen molar-refractivity contribution >= 4 is 29.9 Å². The van der Waals surface area contributed by atoms with Crippen LogP contribution in [-0.4, -0.2) is 51.0 Å². The van der Waals surface area contributed by atoms with E-state index in [2.05, 4.69) is 45.3 Å². The molecule has 0 aromatic heterocycles. The second-order valence-electron chi connectivity index (χ2n) is 7.32. The summed E-state index contributed by atoms with van der Waals surface area (Å²) in [7, 11) is 0. The van der Waals surface area contributed by atoms with E-state index in [0.717, 1.165) is 58.1 Å². The fourth-order valence-corrected chi connectivity index (χ4v) is 3.88. The van der Waals surface area contributed by atoms with Crippen LogP contribution in [0, 0.1) is 10.8 Å². The van der Waals surface area contributed by atoms with Crippen molar-refractivity contribution in [2.24, 2.45) is 15.8 Å². The van der Waals surface area contributed by atoms with Gasteiger partial charge in [-0.2, -0.15) is 0 Å². The molecule has 2 unspecified atom stereocenters. The number of guanidine groups is 1. The van der Waals surface area contributed by atoms with E-state index in [1.807, 2.05) is 0 Å². The summed E-state index contributed by atoms with van der Waals surface area (Å²) in [6.45, 7) is 15.1. The third-order valence-corrected chi connectivity index (χ3v) is 5.64. The van der Waals surface area contributed by atoms with Gasteiger partial charge in [0.2, 0.25) is 0 Å². The van der Waals surface area contributed by atoms with Crippen molar-refractivity contribution < 1.29 is 9.47 Å². The number of halogens is 1. The predicted molar refractivity (Wildman–Crippen MR) is 110 cm³/mol. The van der Waals surface area contributed by atoms with Crippen molar-refractivity contribution in [2.75, 3.05) is 32.9 Å². The Morgan fingerprint density at radius 2 is 1.88 bits per heavy atom. The second-order valence-corrected chi connectivity index (χ2v) is 7.32. The van der Waals surface area contributed by atoms with Gasteiger partial charge in [-0.15, -0.1) is 24.0 Å². The van der Waals surface area contributed by atoms with Gasteiger partial charge in [0.15, 0.2) is 5.96 Å². The molecule has 2 atom stereocenters.